The lowest BCUT2D eigenvalue weighted by Crippen LogP contribution is -2.73. The van der Waals surface area contributed by atoms with E-state index in [0.717, 1.165) is 0 Å². The third-order valence-corrected chi connectivity index (χ3v) is 2.66. The number of carbonyl (C=O) groups excluding carboxylic acids is 1. The molecule has 1 unspecified atom stereocenters. The van der Waals surface area contributed by atoms with Gasteiger partial charge < -0.3 is 25.2 Å². The molecule has 2 aliphatic heterocycles. The lowest BCUT2D eigenvalue weighted by Gasteiger charge is -2.39. The molecule has 2 aliphatic rings. The molecule has 16 heavy (non-hydrogen) atoms. The van der Waals surface area contributed by atoms with Gasteiger partial charge in [0, 0.05) is 0 Å². The van der Waals surface area contributed by atoms with Crippen molar-refractivity contribution >= 4 is 12.0 Å². The fraction of sp³-hybridized carbons (Fsp3) is 0.778. The second kappa shape index (κ2) is 3.60. The molecule has 0 aliphatic carbocycles. The maximum absolute atomic E-state index is 11.2. The van der Waals surface area contributed by atoms with Gasteiger partial charge in [-0.3, -0.25) is 4.79 Å². The average molecular weight is 230 g/mol. The Morgan fingerprint density at radius 2 is 2.31 bits per heavy atom. The highest BCUT2D eigenvalue weighted by atomic mass is 16.7. The van der Waals surface area contributed by atoms with Crippen LogP contribution in [0.2, 0.25) is 0 Å². The Kier molecular flexibility index (Phi) is 2.51. The molecule has 7 heteroatoms. The highest BCUT2D eigenvalue weighted by molar-refractivity contribution is 5.92. The van der Waals surface area contributed by atoms with Gasteiger partial charge in [-0.15, -0.1) is 0 Å². The molecular formula is C9H14N2O5. The number of carboxylic acid groups (broad SMARTS) is 1. The summed E-state index contributed by atoms with van der Waals surface area (Å²) < 4.78 is 10.9. The van der Waals surface area contributed by atoms with Crippen LogP contribution in [0.5, 0.6) is 0 Å². The van der Waals surface area contributed by atoms with E-state index in [1.165, 1.54) is 0 Å². The number of carbonyl (C=O) groups is 2. The maximum atomic E-state index is 11.2. The molecule has 2 saturated heterocycles. The molecule has 0 aromatic heterocycles. The van der Waals surface area contributed by atoms with E-state index in [0.29, 0.717) is 6.61 Å². The van der Waals surface area contributed by atoms with Crippen molar-refractivity contribution in [3.8, 4) is 0 Å². The van der Waals surface area contributed by atoms with Gasteiger partial charge in [0.1, 0.15) is 12.1 Å². The van der Waals surface area contributed by atoms with E-state index >= 15 is 0 Å². The van der Waals surface area contributed by atoms with Gasteiger partial charge in [-0.25, -0.2) is 4.79 Å². The molecule has 2 amide bonds. The topological polar surface area (TPSA) is 96.9 Å². The van der Waals surface area contributed by atoms with E-state index in [-0.39, 0.29) is 18.1 Å². The molecule has 2 heterocycles. The fourth-order valence-corrected chi connectivity index (χ4v) is 1.89. The number of amides is 2. The van der Waals surface area contributed by atoms with E-state index in [4.69, 9.17) is 14.6 Å². The van der Waals surface area contributed by atoms with Gasteiger partial charge in [0.15, 0.2) is 5.79 Å². The van der Waals surface area contributed by atoms with Crippen LogP contribution in [0.25, 0.3) is 0 Å². The average Bonchev–Trinajstić information content (AvgIpc) is 2.51. The largest absolute Gasteiger partial charge is 0.465 e. The van der Waals surface area contributed by atoms with E-state index in [1.54, 1.807) is 13.8 Å². The summed E-state index contributed by atoms with van der Waals surface area (Å²) in [6.45, 7) is 3.88. The first kappa shape index (κ1) is 11.2. The van der Waals surface area contributed by atoms with Gasteiger partial charge in [0.05, 0.1) is 12.6 Å². The van der Waals surface area contributed by atoms with Crippen molar-refractivity contribution in [1.82, 2.24) is 10.6 Å². The maximum Gasteiger partial charge on any atom is 0.405 e. The van der Waals surface area contributed by atoms with Gasteiger partial charge in [0.25, 0.3) is 0 Å². The van der Waals surface area contributed by atoms with Gasteiger partial charge in [-0.2, -0.15) is 0 Å². The number of hydrogen-bond acceptors (Lipinski definition) is 4. The molecule has 0 aromatic carbocycles. The van der Waals surface area contributed by atoms with Crippen LogP contribution in [0.4, 0.5) is 4.79 Å². The Labute approximate surface area is 92.1 Å². The van der Waals surface area contributed by atoms with Crippen LogP contribution in [0.15, 0.2) is 0 Å². The zero-order valence-corrected chi connectivity index (χ0v) is 9.02. The summed E-state index contributed by atoms with van der Waals surface area (Å²) >= 11 is 0. The molecule has 0 aromatic rings. The van der Waals surface area contributed by atoms with Crippen LogP contribution in [0, 0.1) is 0 Å². The van der Waals surface area contributed by atoms with Crippen molar-refractivity contribution in [2.75, 3.05) is 6.61 Å². The monoisotopic (exact) mass is 230 g/mol. The molecule has 0 spiro atoms. The lowest BCUT2D eigenvalue weighted by molar-refractivity contribution is -0.153. The SMILES string of the molecule is CC1(C)OCC([C@H]2NC(=O)[C@H]2NC(=O)O)O1. The summed E-state index contributed by atoms with van der Waals surface area (Å²) in [5, 5.41) is 13.3. The Bertz CT molecular complexity index is 330. The van der Waals surface area contributed by atoms with Crippen LogP contribution in [0.3, 0.4) is 0 Å². The summed E-state index contributed by atoms with van der Waals surface area (Å²) in [6.07, 6.45) is -1.53. The number of hydrogen-bond donors (Lipinski definition) is 3. The first-order valence-electron chi connectivity index (χ1n) is 5.01. The molecule has 2 rings (SSSR count). The van der Waals surface area contributed by atoms with Crippen LogP contribution >= 0.6 is 0 Å². The standard InChI is InChI=1S/C9H14N2O5/c1-9(2)15-3-4(16-9)5-6(7(12)10-5)11-8(13)14/h4-6,11H,3H2,1-2H3,(H,10,12)(H,13,14)/t4?,5-,6+/m1/s1. The fourth-order valence-electron chi connectivity index (χ4n) is 1.89. The molecule has 0 saturated carbocycles. The molecule has 2 fully saturated rings. The van der Waals surface area contributed by atoms with E-state index in [2.05, 4.69) is 10.6 Å². The zero-order valence-electron chi connectivity index (χ0n) is 9.02. The van der Waals surface area contributed by atoms with Crippen LogP contribution < -0.4 is 10.6 Å². The highest BCUT2D eigenvalue weighted by Crippen LogP contribution is 2.27. The molecule has 0 bridgehead atoms. The Balaban J connectivity index is 1.96. The smallest absolute Gasteiger partial charge is 0.405 e. The van der Waals surface area contributed by atoms with Crippen LogP contribution in [-0.2, 0) is 14.3 Å². The summed E-state index contributed by atoms with van der Waals surface area (Å²) in [6, 6.07) is -1.11. The van der Waals surface area contributed by atoms with Crippen molar-refractivity contribution in [1.29, 1.82) is 0 Å². The van der Waals surface area contributed by atoms with Crippen molar-refractivity contribution < 1.29 is 24.2 Å². The third kappa shape index (κ3) is 1.96. The second-order valence-corrected chi connectivity index (χ2v) is 4.33. The normalized spacial score (nSPS) is 36.4. The van der Waals surface area contributed by atoms with E-state index in [9.17, 15) is 9.59 Å². The number of β-lactam (4-membered cyclic amide) rings is 1. The van der Waals surface area contributed by atoms with E-state index < -0.39 is 17.9 Å². The minimum Gasteiger partial charge on any atom is -0.465 e. The highest BCUT2D eigenvalue weighted by Gasteiger charge is 2.49. The van der Waals surface area contributed by atoms with Crippen molar-refractivity contribution in [2.24, 2.45) is 0 Å². The molecule has 3 atom stereocenters. The minimum atomic E-state index is -1.22. The first-order chi connectivity index (χ1) is 7.39. The molecule has 0 radical (unpaired) electrons. The van der Waals surface area contributed by atoms with Crippen molar-refractivity contribution in [3.05, 3.63) is 0 Å². The molecule has 7 nitrogen and oxygen atoms in total. The lowest BCUT2D eigenvalue weighted by atomic mass is 9.94. The molecule has 90 valence electrons. The number of nitrogens with one attached hydrogen (secondary N) is 2. The summed E-state index contributed by atoms with van der Waals surface area (Å²) in [5.74, 6) is -1.01. The van der Waals surface area contributed by atoms with Crippen molar-refractivity contribution in [3.63, 3.8) is 0 Å². The number of ether oxygens (including phenoxy) is 2. The Morgan fingerprint density at radius 1 is 1.62 bits per heavy atom. The van der Waals surface area contributed by atoms with Gasteiger partial charge >= 0.3 is 6.09 Å². The predicted octanol–water partition coefficient (Wildman–Crippen LogP) is -0.727. The quantitative estimate of drug-likeness (QED) is 0.543. The minimum absolute atomic E-state index is 0.315. The van der Waals surface area contributed by atoms with Gasteiger partial charge in [-0.05, 0) is 13.8 Å². The van der Waals surface area contributed by atoms with Gasteiger partial charge in [-0.1, -0.05) is 0 Å². The molecular weight excluding hydrogens is 216 g/mol. The van der Waals surface area contributed by atoms with Crippen molar-refractivity contribution in [2.45, 2.75) is 37.8 Å². The molecule has 3 N–H and O–H groups in total. The predicted molar refractivity (Wildman–Crippen MR) is 51.8 cm³/mol. The number of rotatable bonds is 2. The van der Waals surface area contributed by atoms with Crippen LogP contribution in [-0.4, -0.2) is 47.7 Å². The zero-order chi connectivity index (χ0) is 11.9. The van der Waals surface area contributed by atoms with E-state index in [1.807, 2.05) is 0 Å². The Morgan fingerprint density at radius 3 is 2.75 bits per heavy atom. The summed E-state index contributed by atoms with van der Waals surface area (Å²) in [7, 11) is 0. The third-order valence-electron chi connectivity index (χ3n) is 2.66. The first-order valence-corrected chi connectivity index (χ1v) is 5.01. The van der Waals surface area contributed by atoms with Gasteiger partial charge in [0.2, 0.25) is 5.91 Å². The summed E-state index contributed by atoms with van der Waals surface area (Å²) in [5.41, 5.74) is 0. The van der Waals surface area contributed by atoms with Crippen LogP contribution in [0.1, 0.15) is 13.8 Å². The Hall–Kier alpha value is -1.34. The second-order valence-electron chi connectivity index (χ2n) is 4.33. The summed E-state index contributed by atoms with van der Waals surface area (Å²) in [4.78, 5) is 21.6.